The third-order valence-electron chi connectivity index (χ3n) is 1.80. The number of ether oxygens (including phenoxy) is 1. The number of aliphatic hydroxyl groups is 1. The molecule has 0 heterocycles. The largest absolute Gasteiger partial charge is 0.390 e. The van der Waals surface area contributed by atoms with Crippen LogP contribution in [-0.2, 0) is 4.74 Å². The molecule has 2 heteroatoms. The molecular formula is C7H14O2. The highest BCUT2D eigenvalue weighted by atomic mass is 16.5. The summed E-state index contributed by atoms with van der Waals surface area (Å²) in [5.41, 5.74) is 0. The molecule has 1 fully saturated rings. The second-order valence-corrected chi connectivity index (χ2v) is 2.49. The van der Waals surface area contributed by atoms with Crippen molar-refractivity contribution in [2.45, 2.75) is 38.4 Å². The van der Waals surface area contributed by atoms with Gasteiger partial charge in [-0.15, -0.1) is 0 Å². The van der Waals surface area contributed by atoms with Crippen LogP contribution in [0.3, 0.4) is 0 Å². The Morgan fingerprint density at radius 3 is 2.78 bits per heavy atom. The molecule has 2 nitrogen and oxygen atoms in total. The molecule has 0 bridgehead atoms. The van der Waals surface area contributed by atoms with E-state index in [9.17, 15) is 5.11 Å². The van der Waals surface area contributed by atoms with Gasteiger partial charge in [-0.3, -0.25) is 0 Å². The molecular weight excluding hydrogens is 116 g/mol. The Morgan fingerprint density at radius 1 is 1.56 bits per heavy atom. The Hall–Kier alpha value is -0.0800. The quantitative estimate of drug-likeness (QED) is 0.602. The van der Waals surface area contributed by atoms with Gasteiger partial charge in [0.2, 0.25) is 0 Å². The molecule has 1 N–H and O–H groups in total. The van der Waals surface area contributed by atoms with Gasteiger partial charge in [-0.25, -0.2) is 0 Å². The first-order chi connectivity index (χ1) is 4.34. The zero-order chi connectivity index (χ0) is 6.69. The van der Waals surface area contributed by atoms with Crippen LogP contribution in [0.2, 0.25) is 0 Å². The minimum Gasteiger partial charge on any atom is -0.390 e. The summed E-state index contributed by atoms with van der Waals surface area (Å²) in [6, 6.07) is 0. The fraction of sp³-hybridized carbons (Fsp3) is 1.00. The van der Waals surface area contributed by atoms with Gasteiger partial charge in [0, 0.05) is 6.61 Å². The highest BCUT2D eigenvalue weighted by Gasteiger charge is 2.24. The van der Waals surface area contributed by atoms with Gasteiger partial charge in [0.25, 0.3) is 0 Å². The molecule has 9 heavy (non-hydrogen) atoms. The molecule has 0 saturated heterocycles. The van der Waals surface area contributed by atoms with E-state index in [-0.39, 0.29) is 12.2 Å². The molecule has 1 aliphatic rings. The Morgan fingerprint density at radius 2 is 2.33 bits per heavy atom. The minimum atomic E-state index is -0.190. The van der Waals surface area contributed by atoms with E-state index >= 15 is 0 Å². The van der Waals surface area contributed by atoms with Crippen molar-refractivity contribution in [3.8, 4) is 0 Å². The van der Waals surface area contributed by atoms with Crippen LogP contribution in [-0.4, -0.2) is 23.9 Å². The Balaban J connectivity index is 2.22. The minimum absolute atomic E-state index is 0.134. The maximum atomic E-state index is 9.20. The van der Waals surface area contributed by atoms with E-state index in [1.807, 2.05) is 6.92 Å². The molecule has 0 aliphatic heterocycles. The van der Waals surface area contributed by atoms with Crippen LogP contribution in [0.1, 0.15) is 26.2 Å². The summed E-state index contributed by atoms with van der Waals surface area (Å²) >= 11 is 0. The van der Waals surface area contributed by atoms with Gasteiger partial charge in [0.15, 0.2) is 0 Å². The predicted molar refractivity (Wildman–Crippen MR) is 35.3 cm³/mol. The number of hydrogen-bond donors (Lipinski definition) is 1. The van der Waals surface area contributed by atoms with E-state index in [2.05, 4.69) is 0 Å². The smallest absolute Gasteiger partial charge is 0.0833 e. The van der Waals surface area contributed by atoms with Gasteiger partial charge in [-0.2, -0.15) is 0 Å². The summed E-state index contributed by atoms with van der Waals surface area (Å²) in [5, 5.41) is 9.20. The standard InChI is InChI=1S/C7H14O2/c1-2-9-7-5-3-4-6(7)8/h6-8H,2-5H2,1H3/t6-,7+/m0/s1. The molecule has 0 aromatic heterocycles. The Labute approximate surface area is 55.8 Å². The van der Waals surface area contributed by atoms with Crippen LogP contribution in [0.25, 0.3) is 0 Å². The average Bonchev–Trinajstić information content (AvgIpc) is 2.18. The fourth-order valence-corrected chi connectivity index (χ4v) is 1.31. The van der Waals surface area contributed by atoms with Gasteiger partial charge in [-0.1, -0.05) is 0 Å². The lowest BCUT2D eigenvalue weighted by Crippen LogP contribution is -2.22. The van der Waals surface area contributed by atoms with Crippen LogP contribution in [0, 0.1) is 0 Å². The van der Waals surface area contributed by atoms with Crippen LogP contribution in [0.5, 0.6) is 0 Å². The third-order valence-corrected chi connectivity index (χ3v) is 1.80. The number of aliphatic hydroxyl groups excluding tert-OH is 1. The van der Waals surface area contributed by atoms with Crippen LogP contribution in [0.15, 0.2) is 0 Å². The molecule has 0 spiro atoms. The van der Waals surface area contributed by atoms with Crippen molar-refractivity contribution in [3.63, 3.8) is 0 Å². The first kappa shape index (κ1) is 7.03. The molecule has 54 valence electrons. The highest BCUT2D eigenvalue weighted by Crippen LogP contribution is 2.21. The van der Waals surface area contributed by atoms with Gasteiger partial charge < -0.3 is 9.84 Å². The van der Waals surface area contributed by atoms with E-state index in [4.69, 9.17) is 4.74 Å². The number of rotatable bonds is 2. The van der Waals surface area contributed by atoms with Gasteiger partial charge >= 0.3 is 0 Å². The van der Waals surface area contributed by atoms with Crippen molar-refractivity contribution < 1.29 is 9.84 Å². The SMILES string of the molecule is CCO[C@@H]1CCC[C@@H]1O. The number of hydrogen-bond acceptors (Lipinski definition) is 2. The predicted octanol–water partition coefficient (Wildman–Crippen LogP) is 0.936. The molecule has 0 aromatic rings. The lowest BCUT2D eigenvalue weighted by atomic mass is 10.3. The van der Waals surface area contributed by atoms with Crippen LogP contribution in [0.4, 0.5) is 0 Å². The van der Waals surface area contributed by atoms with Crippen molar-refractivity contribution in [3.05, 3.63) is 0 Å². The van der Waals surface area contributed by atoms with Gasteiger partial charge in [-0.05, 0) is 26.2 Å². The normalized spacial score (nSPS) is 35.3. The second kappa shape index (κ2) is 3.18. The van der Waals surface area contributed by atoms with Gasteiger partial charge in [0.05, 0.1) is 12.2 Å². The molecule has 0 aromatic carbocycles. The Kier molecular flexibility index (Phi) is 2.49. The molecule has 1 rings (SSSR count). The average molecular weight is 130 g/mol. The second-order valence-electron chi connectivity index (χ2n) is 2.49. The molecule has 0 radical (unpaired) electrons. The zero-order valence-corrected chi connectivity index (χ0v) is 5.84. The Bertz CT molecular complexity index is 83.0. The topological polar surface area (TPSA) is 29.5 Å². The monoisotopic (exact) mass is 130 g/mol. The van der Waals surface area contributed by atoms with Crippen LogP contribution >= 0.6 is 0 Å². The maximum Gasteiger partial charge on any atom is 0.0833 e. The summed E-state index contributed by atoms with van der Waals surface area (Å²) in [4.78, 5) is 0. The van der Waals surface area contributed by atoms with Crippen molar-refractivity contribution >= 4 is 0 Å². The van der Waals surface area contributed by atoms with Crippen molar-refractivity contribution in [1.29, 1.82) is 0 Å². The molecule has 2 atom stereocenters. The van der Waals surface area contributed by atoms with E-state index in [1.165, 1.54) is 0 Å². The molecule has 1 aliphatic carbocycles. The summed E-state index contributed by atoms with van der Waals surface area (Å²) in [5.74, 6) is 0. The lowest BCUT2D eigenvalue weighted by Gasteiger charge is -2.13. The van der Waals surface area contributed by atoms with E-state index in [0.29, 0.717) is 0 Å². The van der Waals surface area contributed by atoms with Crippen LogP contribution < -0.4 is 0 Å². The van der Waals surface area contributed by atoms with Crippen molar-refractivity contribution in [1.82, 2.24) is 0 Å². The summed E-state index contributed by atoms with van der Waals surface area (Å²) in [6.07, 6.45) is 3.02. The maximum absolute atomic E-state index is 9.20. The fourth-order valence-electron chi connectivity index (χ4n) is 1.31. The summed E-state index contributed by atoms with van der Waals surface area (Å²) in [7, 11) is 0. The van der Waals surface area contributed by atoms with E-state index < -0.39 is 0 Å². The summed E-state index contributed by atoms with van der Waals surface area (Å²) < 4.78 is 5.27. The van der Waals surface area contributed by atoms with E-state index in [0.717, 1.165) is 25.9 Å². The summed E-state index contributed by atoms with van der Waals surface area (Å²) in [6.45, 7) is 2.69. The zero-order valence-electron chi connectivity index (χ0n) is 5.84. The first-order valence-corrected chi connectivity index (χ1v) is 3.64. The molecule has 0 unspecified atom stereocenters. The first-order valence-electron chi connectivity index (χ1n) is 3.64. The molecule has 1 saturated carbocycles. The van der Waals surface area contributed by atoms with Gasteiger partial charge in [0.1, 0.15) is 0 Å². The third kappa shape index (κ3) is 1.66. The lowest BCUT2D eigenvalue weighted by molar-refractivity contribution is -0.0128. The van der Waals surface area contributed by atoms with Crippen molar-refractivity contribution in [2.75, 3.05) is 6.61 Å². The highest BCUT2D eigenvalue weighted by molar-refractivity contribution is 4.76. The van der Waals surface area contributed by atoms with Crippen molar-refractivity contribution in [2.24, 2.45) is 0 Å². The molecule has 0 amide bonds. The van der Waals surface area contributed by atoms with E-state index in [1.54, 1.807) is 0 Å².